The number of benzene rings is 2. The van der Waals surface area contributed by atoms with Crippen LogP contribution in [0.1, 0.15) is 12.5 Å². The second-order valence-corrected chi connectivity index (χ2v) is 5.08. The number of hydrogen-bond donors (Lipinski definition) is 1. The molecule has 0 heterocycles. The molecule has 5 heteroatoms. The van der Waals surface area contributed by atoms with Gasteiger partial charge in [-0.15, -0.1) is 0 Å². The van der Waals surface area contributed by atoms with Crippen molar-refractivity contribution >= 4 is 17.6 Å². The average Bonchev–Trinajstić information content (AvgIpc) is 2.48. The SMILES string of the molecule is CCOc1ccccc1C[C@H](Oc1cccc(Cl)c1)C(=O)O. The Morgan fingerprint density at radius 3 is 2.68 bits per heavy atom. The topological polar surface area (TPSA) is 55.8 Å². The van der Waals surface area contributed by atoms with Gasteiger partial charge in [0.15, 0.2) is 6.10 Å². The standard InChI is InChI=1S/C17H17ClO4/c1-2-21-15-9-4-3-6-12(15)10-16(17(19)20)22-14-8-5-7-13(18)11-14/h3-9,11,16H,2,10H2,1H3,(H,19,20)/t16-/m0/s1. The van der Waals surface area contributed by atoms with Gasteiger partial charge in [0.05, 0.1) is 6.61 Å². The number of rotatable bonds is 7. The Morgan fingerprint density at radius 2 is 2.00 bits per heavy atom. The predicted octanol–water partition coefficient (Wildman–Crippen LogP) is 3.81. The smallest absolute Gasteiger partial charge is 0.345 e. The summed E-state index contributed by atoms with van der Waals surface area (Å²) in [5.41, 5.74) is 0.791. The highest BCUT2D eigenvalue weighted by molar-refractivity contribution is 6.30. The lowest BCUT2D eigenvalue weighted by Gasteiger charge is -2.17. The molecule has 116 valence electrons. The summed E-state index contributed by atoms with van der Waals surface area (Å²) < 4.78 is 11.1. The highest BCUT2D eigenvalue weighted by Crippen LogP contribution is 2.23. The van der Waals surface area contributed by atoms with Gasteiger partial charge in [0.2, 0.25) is 0 Å². The van der Waals surface area contributed by atoms with Crippen molar-refractivity contribution in [1.29, 1.82) is 0 Å². The molecule has 1 N–H and O–H groups in total. The van der Waals surface area contributed by atoms with E-state index >= 15 is 0 Å². The van der Waals surface area contributed by atoms with Crippen LogP contribution in [-0.2, 0) is 11.2 Å². The molecule has 22 heavy (non-hydrogen) atoms. The van der Waals surface area contributed by atoms with E-state index in [1.807, 2.05) is 31.2 Å². The molecule has 2 aromatic rings. The lowest BCUT2D eigenvalue weighted by molar-refractivity contribution is -0.145. The van der Waals surface area contributed by atoms with Crippen LogP contribution in [0.25, 0.3) is 0 Å². The Labute approximate surface area is 134 Å². The second kappa shape index (κ2) is 7.71. The third-order valence-electron chi connectivity index (χ3n) is 3.03. The molecule has 0 unspecified atom stereocenters. The van der Waals surface area contributed by atoms with E-state index in [4.69, 9.17) is 21.1 Å². The van der Waals surface area contributed by atoms with Crippen molar-refractivity contribution in [1.82, 2.24) is 0 Å². The van der Waals surface area contributed by atoms with Gasteiger partial charge in [0.1, 0.15) is 11.5 Å². The molecule has 0 spiro atoms. The molecule has 0 amide bonds. The number of carboxylic acids is 1. The summed E-state index contributed by atoms with van der Waals surface area (Å²) in [5, 5.41) is 9.88. The minimum absolute atomic E-state index is 0.206. The molecule has 0 fully saturated rings. The molecular formula is C17H17ClO4. The minimum Gasteiger partial charge on any atom is -0.494 e. The van der Waals surface area contributed by atoms with Crippen molar-refractivity contribution < 1.29 is 19.4 Å². The van der Waals surface area contributed by atoms with Gasteiger partial charge >= 0.3 is 5.97 Å². The van der Waals surface area contributed by atoms with E-state index in [-0.39, 0.29) is 6.42 Å². The number of carboxylic acid groups (broad SMARTS) is 1. The Kier molecular flexibility index (Phi) is 5.67. The van der Waals surface area contributed by atoms with Crippen molar-refractivity contribution in [3.05, 3.63) is 59.1 Å². The van der Waals surface area contributed by atoms with E-state index < -0.39 is 12.1 Å². The third-order valence-corrected chi connectivity index (χ3v) is 3.26. The van der Waals surface area contributed by atoms with Gasteiger partial charge in [0.25, 0.3) is 0 Å². The van der Waals surface area contributed by atoms with Crippen LogP contribution in [-0.4, -0.2) is 23.8 Å². The number of hydrogen-bond acceptors (Lipinski definition) is 3. The molecule has 2 rings (SSSR count). The Hall–Kier alpha value is -2.20. The first-order valence-corrected chi connectivity index (χ1v) is 7.33. The highest BCUT2D eigenvalue weighted by Gasteiger charge is 2.22. The largest absolute Gasteiger partial charge is 0.494 e. The average molecular weight is 321 g/mol. The molecule has 1 atom stereocenters. The van der Waals surface area contributed by atoms with Crippen molar-refractivity contribution in [2.24, 2.45) is 0 Å². The first-order chi connectivity index (χ1) is 10.6. The van der Waals surface area contributed by atoms with Gasteiger partial charge in [-0.05, 0) is 36.8 Å². The number of para-hydroxylation sites is 1. The second-order valence-electron chi connectivity index (χ2n) is 4.65. The highest BCUT2D eigenvalue weighted by atomic mass is 35.5. The summed E-state index contributed by atoms with van der Waals surface area (Å²) in [4.78, 5) is 11.5. The number of ether oxygens (including phenoxy) is 2. The maximum atomic E-state index is 11.5. The van der Waals surface area contributed by atoms with Crippen molar-refractivity contribution in [3.63, 3.8) is 0 Å². The first kappa shape index (κ1) is 16.2. The summed E-state index contributed by atoms with van der Waals surface area (Å²) in [6.07, 6.45) is -0.807. The van der Waals surface area contributed by atoms with Crippen molar-refractivity contribution in [2.75, 3.05) is 6.61 Å². The monoisotopic (exact) mass is 320 g/mol. The quantitative estimate of drug-likeness (QED) is 0.842. The van der Waals surface area contributed by atoms with E-state index in [1.165, 1.54) is 0 Å². The fourth-order valence-corrected chi connectivity index (χ4v) is 2.23. The summed E-state index contributed by atoms with van der Waals surface area (Å²) >= 11 is 5.89. The van der Waals surface area contributed by atoms with Crippen LogP contribution < -0.4 is 9.47 Å². The summed E-state index contributed by atoms with van der Waals surface area (Å²) in [5.74, 6) is 0.0611. The molecule has 2 aromatic carbocycles. The Morgan fingerprint density at radius 1 is 1.23 bits per heavy atom. The van der Waals surface area contributed by atoms with E-state index in [0.717, 1.165) is 5.56 Å². The van der Waals surface area contributed by atoms with Gasteiger partial charge < -0.3 is 14.6 Å². The van der Waals surface area contributed by atoms with Crippen LogP contribution in [0.4, 0.5) is 0 Å². The molecule has 0 bridgehead atoms. The first-order valence-electron chi connectivity index (χ1n) is 6.96. The Balaban J connectivity index is 2.17. The number of aliphatic carboxylic acids is 1. The van der Waals surface area contributed by atoms with E-state index in [2.05, 4.69) is 0 Å². The van der Waals surface area contributed by atoms with E-state index in [9.17, 15) is 9.90 Å². The summed E-state index contributed by atoms with van der Waals surface area (Å²) in [7, 11) is 0. The van der Waals surface area contributed by atoms with E-state index in [0.29, 0.717) is 23.1 Å². The molecule has 0 saturated heterocycles. The van der Waals surface area contributed by atoms with Gasteiger partial charge in [0, 0.05) is 11.4 Å². The molecule has 0 aliphatic heterocycles. The molecule has 0 aliphatic rings. The third kappa shape index (κ3) is 4.40. The lowest BCUT2D eigenvalue weighted by Crippen LogP contribution is -2.29. The molecule has 4 nitrogen and oxygen atoms in total. The zero-order chi connectivity index (χ0) is 15.9. The van der Waals surface area contributed by atoms with Crippen LogP contribution in [0, 0.1) is 0 Å². The lowest BCUT2D eigenvalue weighted by atomic mass is 10.1. The van der Waals surface area contributed by atoms with Crippen LogP contribution in [0.5, 0.6) is 11.5 Å². The Bertz CT molecular complexity index is 642. The van der Waals surface area contributed by atoms with Crippen LogP contribution in [0.3, 0.4) is 0 Å². The van der Waals surface area contributed by atoms with Gasteiger partial charge in [-0.25, -0.2) is 4.79 Å². The van der Waals surface area contributed by atoms with Crippen LogP contribution in [0.2, 0.25) is 5.02 Å². The molecule has 0 radical (unpaired) electrons. The molecule has 0 saturated carbocycles. The van der Waals surface area contributed by atoms with Gasteiger partial charge in [-0.3, -0.25) is 0 Å². The minimum atomic E-state index is -1.04. The van der Waals surface area contributed by atoms with Gasteiger partial charge in [-0.2, -0.15) is 0 Å². The van der Waals surface area contributed by atoms with Gasteiger partial charge in [-0.1, -0.05) is 35.9 Å². The molecule has 0 aromatic heterocycles. The maximum absolute atomic E-state index is 11.5. The summed E-state index contributed by atoms with van der Waals surface area (Å²) in [6.45, 7) is 2.40. The normalized spacial score (nSPS) is 11.7. The van der Waals surface area contributed by atoms with E-state index in [1.54, 1.807) is 24.3 Å². The number of halogens is 1. The molecular weight excluding hydrogens is 304 g/mol. The predicted molar refractivity (Wildman–Crippen MR) is 84.8 cm³/mol. The molecule has 0 aliphatic carbocycles. The van der Waals surface area contributed by atoms with Crippen LogP contribution in [0.15, 0.2) is 48.5 Å². The maximum Gasteiger partial charge on any atom is 0.345 e. The zero-order valence-electron chi connectivity index (χ0n) is 12.2. The fraction of sp³-hybridized carbons (Fsp3) is 0.235. The van der Waals surface area contributed by atoms with Crippen molar-refractivity contribution in [3.8, 4) is 11.5 Å². The fourth-order valence-electron chi connectivity index (χ4n) is 2.05. The van der Waals surface area contributed by atoms with Crippen molar-refractivity contribution in [2.45, 2.75) is 19.4 Å². The number of carbonyl (C=O) groups is 1. The summed E-state index contributed by atoms with van der Waals surface area (Å²) in [6, 6.07) is 14.0. The van der Waals surface area contributed by atoms with Crippen LogP contribution >= 0.6 is 11.6 Å². The zero-order valence-corrected chi connectivity index (χ0v) is 12.9.